The zero-order valence-electron chi connectivity index (χ0n) is 17.0. The molecule has 174 valence electrons. The second-order valence-electron chi connectivity index (χ2n) is 7.94. The fourth-order valence-electron chi connectivity index (χ4n) is 4.17. The Morgan fingerprint density at radius 3 is 2.47 bits per heavy atom. The summed E-state index contributed by atoms with van der Waals surface area (Å²) in [5.41, 5.74) is 0.947. The van der Waals surface area contributed by atoms with Crippen molar-refractivity contribution in [3.63, 3.8) is 0 Å². The summed E-state index contributed by atoms with van der Waals surface area (Å²) in [5, 5.41) is 50.0. The third-order valence-electron chi connectivity index (χ3n) is 5.92. The molecule has 2 aliphatic heterocycles. The van der Waals surface area contributed by atoms with E-state index in [2.05, 4.69) is 0 Å². The Balaban J connectivity index is 1.46. The Kier molecular flexibility index (Phi) is 6.91. The molecule has 0 spiro atoms. The fraction of sp³-hybridized carbons (Fsp3) is 0.500. The third-order valence-corrected chi connectivity index (χ3v) is 5.92. The van der Waals surface area contributed by atoms with Gasteiger partial charge < -0.3 is 44.5 Å². The van der Waals surface area contributed by atoms with E-state index in [4.69, 9.17) is 18.9 Å². The Morgan fingerprint density at radius 2 is 1.75 bits per heavy atom. The van der Waals surface area contributed by atoms with Gasteiger partial charge in [0.1, 0.15) is 31.0 Å². The van der Waals surface area contributed by atoms with Gasteiger partial charge in [-0.1, -0.05) is 24.3 Å². The molecule has 32 heavy (non-hydrogen) atoms. The molecule has 10 nitrogen and oxygen atoms in total. The molecule has 1 aromatic rings. The number of ether oxygens (including phenoxy) is 4. The lowest BCUT2D eigenvalue weighted by atomic mass is 9.88. The molecule has 9 atom stereocenters. The Hall–Kier alpha value is -2.31. The maximum Gasteiger partial charge on any atom is 0.338 e. The number of carbonyl (C=O) groups excluding carboxylic acids is 1. The summed E-state index contributed by atoms with van der Waals surface area (Å²) >= 11 is 0. The van der Waals surface area contributed by atoms with Crippen LogP contribution in [-0.4, -0.2) is 87.8 Å². The normalized spacial score (nSPS) is 38.5. The molecule has 3 aliphatic rings. The minimum absolute atomic E-state index is 0.113. The van der Waals surface area contributed by atoms with Crippen LogP contribution in [0.3, 0.4) is 0 Å². The molecule has 10 heteroatoms. The smallest absolute Gasteiger partial charge is 0.338 e. The van der Waals surface area contributed by atoms with Gasteiger partial charge in [-0.05, 0) is 23.8 Å². The summed E-state index contributed by atoms with van der Waals surface area (Å²) < 4.78 is 22.1. The van der Waals surface area contributed by atoms with Crippen molar-refractivity contribution in [2.45, 2.75) is 43.1 Å². The van der Waals surface area contributed by atoms with Crippen LogP contribution in [0.15, 0.2) is 54.3 Å². The first-order valence-electron chi connectivity index (χ1n) is 10.3. The van der Waals surface area contributed by atoms with E-state index in [0.717, 1.165) is 0 Å². The predicted octanol–water partition coefficient (Wildman–Crippen LogP) is -0.937. The summed E-state index contributed by atoms with van der Waals surface area (Å²) in [6.07, 6.45) is -4.61. The molecular weight excluding hydrogens is 424 g/mol. The highest BCUT2D eigenvalue weighted by Crippen LogP contribution is 2.41. The lowest BCUT2D eigenvalue weighted by Crippen LogP contribution is -2.60. The van der Waals surface area contributed by atoms with Crippen LogP contribution in [-0.2, 0) is 18.9 Å². The minimum Gasteiger partial charge on any atom is -0.472 e. The minimum atomic E-state index is -1.60. The number of hydrogen-bond donors (Lipinski definition) is 5. The zero-order chi connectivity index (χ0) is 22.8. The molecule has 5 N–H and O–H groups in total. The van der Waals surface area contributed by atoms with Crippen molar-refractivity contribution in [2.24, 2.45) is 11.8 Å². The number of benzene rings is 1. The van der Waals surface area contributed by atoms with E-state index in [1.165, 1.54) is 6.26 Å². The second kappa shape index (κ2) is 9.67. The van der Waals surface area contributed by atoms with Crippen molar-refractivity contribution in [1.82, 2.24) is 0 Å². The summed E-state index contributed by atoms with van der Waals surface area (Å²) in [5.74, 6) is -1.52. The molecule has 1 aromatic carbocycles. The average molecular weight is 450 g/mol. The first kappa shape index (κ1) is 22.9. The Morgan fingerprint density at radius 1 is 1.00 bits per heavy atom. The lowest BCUT2D eigenvalue weighted by molar-refractivity contribution is -0.339. The quantitative estimate of drug-likeness (QED) is 0.271. The monoisotopic (exact) mass is 450 g/mol. The van der Waals surface area contributed by atoms with Gasteiger partial charge in [-0.3, -0.25) is 0 Å². The molecule has 0 saturated carbocycles. The molecule has 1 fully saturated rings. The van der Waals surface area contributed by atoms with Gasteiger partial charge in [0.25, 0.3) is 0 Å². The molecule has 0 radical (unpaired) electrons. The van der Waals surface area contributed by atoms with E-state index in [0.29, 0.717) is 11.1 Å². The van der Waals surface area contributed by atoms with Gasteiger partial charge >= 0.3 is 5.97 Å². The number of carbonyl (C=O) groups is 1. The summed E-state index contributed by atoms with van der Waals surface area (Å²) in [4.78, 5) is 12.3. The molecule has 0 amide bonds. The van der Waals surface area contributed by atoms with Crippen molar-refractivity contribution in [1.29, 1.82) is 0 Å². The number of hydrogen-bond acceptors (Lipinski definition) is 10. The van der Waals surface area contributed by atoms with E-state index in [1.54, 1.807) is 42.5 Å². The predicted molar refractivity (Wildman–Crippen MR) is 107 cm³/mol. The molecule has 2 heterocycles. The lowest BCUT2D eigenvalue weighted by Gasteiger charge is -2.42. The molecule has 0 bridgehead atoms. The SMILES string of the molecule is O=C(OCC1=C[C@H](O)[C@H]2C=CO[C@H](O[C@H]3O[C@H](CO)[C@H](O)[C@@H](O)[C@@H]3O)[C@@H]12)c1ccccc1. The fourth-order valence-corrected chi connectivity index (χ4v) is 4.17. The maximum absolute atomic E-state index is 12.3. The highest BCUT2D eigenvalue weighted by atomic mass is 16.8. The van der Waals surface area contributed by atoms with Crippen LogP contribution in [0.5, 0.6) is 0 Å². The molecule has 1 aliphatic carbocycles. The van der Waals surface area contributed by atoms with Crippen molar-refractivity contribution in [3.05, 3.63) is 59.9 Å². The first-order valence-corrected chi connectivity index (χ1v) is 10.3. The van der Waals surface area contributed by atoms with Gasteiger partial charge in [0.15, 0.2) is 6.29 Å². The van der Waals surface area contributed by atoms with Crippen molar-refractivity contribution >= 4 is 5.97 Å². The van der Waals surface area contributed by atoms with Crippen LogP contribution in [0.2, 0.25) is 0 Å². The van der Waals surface area contributed by atoms with Gasteiger partial charge in [0, 0.05) is 5.92 Å². The van der Waals surface area contributed by atoms with E-state index in [-0.39, 0.29) is 6.61 Å². The number of aliphatic hydroxyl groups is 5. The Labute approximate surface area is 183 Å². The van der Waals surface area contributed by atoms with Crippen LogP contribution >= 0.6 is 0 Å². The average Bonchev–Trinajstić information content (AvgIpc) is 3.14. The van der Waals surface area contributed by atoms with E-state index in [1.807, 2.05) is 0 Å². The van der Waals surface area contributed by atoms with Crippen LogP contribution in [0.25, 0.3) is 0 Å². The third kappa shape index (κ3) is 4.44. The van der Waals surface area contributed by atoms with E-state index in [9.17, 15) is 30.3 Å². The summed E-state index contributed by atoms with van der Waals surface area (Å²) in [6.45, 7) is -0.709. The van der Waals surface area contributed by atoms with Gasteiger partial charge in [0.05, 0.1) is 30.5 Å². The summed E-state index contributed by atoms with van der Waals surface area (Å²) in [6, 6.07) is 8.47. The van der Waals surface area contributed by atoms with Crippen LogP contribution < -0.4 is 0 Å². The van der Waals surface area contributed by atoms with Crippen LogP contribution in [0.4, 0.5) is 0 Å². The van der Waals surface area contributed by atoms with Crippen molar-refractivity contribution in [3.8, 4) is 0 Å². The highest BCUT2D eigenvalue weighted by Gasteiger charge is 2.49. The molecule has 4 rings (SSSR count). The summed E-state index contributed by atoms with van der Waals surface area (Å²) in [7, 11) is 0. The number of esters is 1. The molecule has 0 aromatic heterocycles. The van der Waals surface area contributed by atoms with Gasteiger partial charge in [0.2, 0.25) is 6.29 Å². The molecular formula is C22H26O10. The van der Waals surface area contributed by atoms with Gasteiger partial charge in [-0.25, -0.2) is 4.79 Å². The molecule has 1 saturated heterocycles. The van der Waals surface area contributed by atoms with Crippen molar-refractivity contribution in [2.75, 3.05) is 13.2 Å². The number of aliphatic hydroxyl groups excluding tert-OH is 5. The first-order chi connectivity index (χ1) is 15.4. The second-order valence-corrected chi connectivity index (χ2v) is 7.94. The topological polar surface area (TPSA) is 155 Å². The number of fused-ring (bicyclic) bond motifs is 1. The van der Waals surface area contributed by atoms with Crippen LogP contribution in [0, 0.1) is 11.8 Å². The van der Waals surface area contributed by atoms with E-state index >= 15 is 0 Å². The molecule has 0 unspecified atom stereocenters. The largest absolute Gasteiger partial charge is 0.472 e. The number of rotatable bonds is 6. The van der Waals surface area contributed by atoms with E-state index < -0.39 is 67.5 Å². The Bertz CT molecular complexity index is 854. The maximum atomic E-state index is 12.3. The van der Waals surface area contributed by atoms with Crippen molar-refractivity contribution < 1.29 is 49.3 Å². The standard InChI is InChI=1S/C22H26O10/c23-9-15-17(25)18(26)19(27)22(31-15)32-21-16-12(8-14(24)13(16)6-7-29-21)10-30-20(28)11-4-2-1-3-5-11/h1-8,13-19,21-27H,9-10H2/t13-,14+,15-,16+,17+,18-,19+,21-,22-/m1/s1. The zero-order valence-corrected chi connectivity index (χ0v) is 17.0. The highest BCUT2D eigenvalue weighted by molar-refractivity contribution is 5.89. The van der Waals surface area contributed by atoms with Gasteiger partial charge in [-0.15, -0.1) is 0 Å². The van der Waals surface area contributed by atoms with Gasteiger partial charge in [-0.2, -0.15) is 0 Å². The van der Waals surface area contributed by atoms with Crippen LogP contribution in [0.1, 0.15) is 10.4 Å².